The van der Waals surface area contributed by atoms with Crippen LogP contribution in [0.25, 0.3) is 0 Å². The fourth-order valence-electron chi connectivity index (χ4n) is 1.84. The van der Waals surface area contributed by atoms with Gasteiger partial charge in [0.2, 0.25) is 0 Å². The molecule has 1 aliphatic heterocycles. The molecule has 2 atom stereocenters. The number of hydrogen-bond donors (Lipinski definition) is 1. The van der Waals surface area contributed by atoms with Crippen molar-refractivity contribution >= 4 is 11.8 Å². The van der Waals surface area contributed by atoms with Gasteiger partial charge in [0.15, 0.2) is 5.89 Å². The van der Waals surface area contributed by atoms with Crippen LogP contribution in [0, 0.1) is 5.92 Å². The van der Waals surface area contributed by atoms with Crippen LogP contribution in [0.1, 0.15) is 37.5 Å². The average Bonchev–Trinajstić information content (AvgIpc) is 2.68. The molecule has 0 radical (unpaired) electrons. The number of hydrogen-bond acceptors (Lipinski definition) is 4. The first-order valence-corrected chi connectivity index (χ1v) is 6.69. The van der Waals surface area contributed by atoms with Crippen molar-refractivity contribution in [1.29, 1.82) is 0 Å². The lowest BCUT2D eigenvalue weighted by molar-refractivity contribution is 0.395. The Morgan fingerprint density at radius 2 is 2.60 bits per heavy atom. The molecular weight excluding hydrogens is 208 g/mol. The fraction of sp³-hybridized carbons (Fsp3) is 0.727. The normalized spacial score (nSPS) is 24.0. The molecule has 15 heavy (non-hydrogen) atoms. The molecule has 1 saturated heterocycles. The third-order valence-electron chi connectivity index (χ3n) is 2.74. The van der Waals surface area contributed by atoms with E-state index in [2.05, 4.69) is 4.98 Å². The van der Waals surface area contributed by atoms with E-state index in [0.717, 1.165) is 24.0 Å². The second-order valence-electron chi connectivity index (χ2n) is 4.23. The SMILES string of the molecule is CC(N)c1cnc(CC2CCCSC2)o1. The summed E-state index contributed by atoms with van der Waals surface area (Å²) in [5.41, 5.74) is 5.72. The van der Waals surface area contributed by atoms with E-state index in [9.17, 15) is 0 Å². The van der Waals surface area contributed by atoms with Crippen LogP contribution in [0.2, 0.25) is 0 Å². The third-order valence-corrected chi connectivity index (χ3v) is 4.02. The Balaban J connectivity index is 1.91. The summed E-state index contributed by atoms with van der Waals surface area (Å²) in [6, 6.07) is -0.0491. The molecule has 0 amide bonds. The number of thioether (sulfide) groups is 1. The van der Waals surface area contributed by atoms with Gasteiger partial charge in [0.1, 0.15) is 5.76 Å². The van der Waals surface area contributed by atoms with Crippen molar-refractivity contribution < 1.29 is 4.42 Å². The van der Waals surface area contributed by atoms with Crippen molar-refractivity contribution in [3.63, 3.8) is 0 Å². The van der Waals surface area contributed by atoms with Crippen molar-refractivity contribution in [2.75, 3.05) is 11.5 Å². The van der Waals surface area contributed by atoms with Crippen molar-refractivity contribution in [3.8, 4) is 0 Å². The molecule has 2 heterocycles. The van der Waals surface area contributed by atoms with E-state index in [0.29, 0.717) is 0 Å². The van der Waals surface area contributed by atoms with Crippen LogP contribution < -0.4 is 5.73 Å². The second kappa shape index (κ2) is 5.03. The predicted molar refractivity (Wildman–Crippen MR) is 62.9 cm³/mol. The van der Waals surface area contributed by atoms with E-state index in [1.165, 1.54) is 24.3 Å². The van der Waals surface area contributed by atoms with Crippen LogP contribution in [0.15, 0.2) is 10.6 Å². The van der Waals surface area contributed by atoms with E-state index >= 15 is 0 Å². The lowest BCUT2D eigenvalue weighted by Crippen LogP contribution is -2.13. The molecule has 1 fully saturated rings. The van der Waals surface area contributed by atoms with Gasteiger partial charge < -0.3 is 10.2 Å². The summed E-state index contributed by atoms with van der Waals surface area (Å²) in [5.74, 6) is 4.95. The molecule has 2 N–H and O–H groups in total. The zero-order valence-electron chi connectivity index (χ0n) is 9.11. The Morgan fingerprint density at radius 1 is 1.73 bits per heavy atom. The van der Waals surface area contributed by atoms with Crippen molar-refractivity contribution in [2.24, 2.45) is 11.7 Å². The molecule has 0 saturated carbocycles. The van der Waals surface area contributed by atoms with E-state index in [-0.39, 0.29) is 6.04 Å². The summed E-state index contributed by atoms with van der Waals surface area (Å²) in [4.78, 5) is 4.28. The topological polar surface area (TPSA) is 52.0 Å². The lowest BCUT2D eigenvalue weighted by atomic mass is 10.0. The summed E-state index contributed by atoms with van der Waals surface area (Å²) >= 11 is 2.04. The van der Waals surface area contributed by atoms with Crippen LogP contribution in [0.4, 0.5) is 0 Å². The number of rotatable bonds is 3. The summed E-state index contributed by atoms with van der Waals surface area (Å²) < 4.78 is 5.60. The van der Waals surface area contributed by atoms with Crippen molar-refractivity contribution in [1.82, 2.24) is 4.98 Å². The summed E-state index contributed by atoms with van der Waals surface area (Å²) in [6.07, 6.45) is 5.37. The van der Waals surface area contributed by atoms with Crippen molar-refractivity contribution in [3.05, 3.63) is 17.8 Å². The van der Waals surface area contributed by atoms with E-state index in [4.69, 9.17) is 10.2 Å². The zero-order chi connectivity index (χ0) is 10.7. The Bertz CT molecular complexity index is 305. The van der Waals surface area contributed by atoms with Gasteiger partial charge in [-0.2, -0.15) is 11.8 Å². The zero-order valence-corrected chi connectivity index (χ0v) is 9.93. The molecule has 0 aromatic carbocycles. The Hall–Kier alpha value is -0.480. The molecule has 0 aliphatic carbocycles. The third kappa shape index (κ3) is 2.98. The van der Waals surface area contributed by atoms with Gasteiger partial charge in [-0.1, -0.05) is 0 Å². The fourth-order valence-corrected chi connectivity index (χ4v) is 3.00. The molecule has 2 rings (SSSR count). The van der Waals surface area contributed by atoms with Gasteiger partial charge in [-0.3, -0.25) is 0 Å². The Morgan fingerprint density at radius 3 is 3.20 bits per heavy atom. The minimum atomic E-state index is -0.0491. The molecular formula is C11H18N2OS. The average molecular weight is 226 g/mol. The number of oxazole rings is 1. The number of aromatic nitrogens is 1. The first kappa shape index (κ1) is 11.0. The van der Waals surface area contributed by atoms with Gasteiger partial charge in [0.25, 0.3) is 0 Å². The smallest absolute Gasteiger partial charge is 0.194 e. The van der Waals surface area contributed by atoms with Crippen LogP contribution in [-0.4, -0.2) is 16.5 Å². The summed E-state index contributed by atoms with van der Waals surface area (Å²) in [7, 11) is 0. The van der Waals surface area contributed by atoms with Gasteiger partial charge in [-0.15, -0.1) is 0 Å². The monoisotopic (exact) mass is 226 g/mol. The molecule has 0 spiro atoms. The second-order valence-corrected chi connectivity index (χ2v) is 5.38. The Kier molecular flexibility index (Phi) is 3.70. The summed E-state index contributed by atoms with van der Waals surface area (Å²) in [5, 5.41) is 0. The van der Waals surface area contributed by atoms with Gasteiger partial charge >= 0.3 is 0 Å². The molecule has 84 valence electrons. The van der Waals surface area contributed by atoms with Crippen LogP contribution in [0.3, 0.4) is 0 Å². The number of nitrogens with zero attached hydrogens (tertiary/aromatic N) is 1. The molecule has 3 nitrogen and oxygen atoms in total. The maximum Gasteiger partial charge on any atom is 0.194 e. The lowest BCUT2D eigenvalue weighted by Gasteiger charge is -2.19. The minimum absolute atomic E-state index is 0.0491. The maximum absolute atomic E-state index is 5.72. The van der Waals surface area contributed by atoms with Crippen LogP contribution in [-0.2, 0) is 6.42 Å². The quantitative estimate of drug-likeness (QED) is 0.859. The largest absolute Gasteiger partial charge is 0.444 e. The maximum atomic E-state index is 5.72. The summed E-state index contributed by atoms with van der Waals surface area (Å²) in [6.45, 7) is 1.92. The standard InChI is InChI=1S/C11H18N2OS/c1-8(12)10-6-13-11(14-10)5-9-3-2-4-15-7-9/h6,8-9H,2-5,7,12H2,1H3. The highest BCUT2D eigenvalue weighted by Crippen LogP contribution is 2.25. The van der Waals surface area contributed by atoms with Crippen molar-refractivity contribution in [2.45, 2.75) is 32.2 Å². The molecule has 1 aliphatic rings. The molecule has 2 unspecified atom stereocenters. The first-order valence-electron chi connectivity index (χ1n) is 5.53. The van der Waals surface area contributed by atoms with E-state index < -0.39 is 0 Å². The van der Waals surface area contributed by atoms with Crippen LogP contribution >= 0.6 is 11.8 Å². The highest BCUT2D eigenvalue weighted by atomic mass is 32.2. The molecule has 1 aromatic heterocycles. The first-order chi connectivity index (χ1) is 7.25. The highest BCUT2D eigenvalue weighted by molar-refractivity contribution is 7.99. The van der Waals surface area contributed by atoms with Gasteiger partial charge in [0.05, 0.1) is 12.2 Å². The van der Waals surface area contributed by atoms with E-state index in [1.54, 1.807) is 6.20 Å². The Labute approximate surface area is 94.8 Å². The van der Waals surface area contributed by atoms with E-state index in [1.807, 2.05) is 18.7 Å². The van der Waals surface area contributed by atoms with Crippen LogP contribution in [0.5, 0.6) is 0 Å². The highest BCUT2D eigenvalue weighted by Gasteiger charge is 2.17. The molecule has 0 bridgehead atoms. The minimum Gasteiger partial charge on any atom is -0.444 e. The van der Waals surface area contributed by atoms with Gasteiger partial charge in [-0.25, -0.2) is 4.98 Å². The molecule has 4 heteroatoms. The van der Waals surface area contributed by atoms with Gasteiger partial charge in [0, 0.05) is 6.42 Å². The number of nitrogens with two attached hydrogens (primary N) is 1. The van der Waals surface area contributed by atoms with Gasteiger partial charge in [-0.05, 0) is 37.2 Å². The molecule has 1 aromatic rings. The predicted octanol–water partition coefficient (Wildman–Crippen LogP) is 2.38.